The van der Waals surface area contributed by atoms with E-state index in [2.05, 4.69) is 20.8 Å². The molecule has 2 aliphatic rings. The lowest BCUT2D eigenvalue weighted by Crippen LogP contribution is -2.72. The number of aliphatic hydroxyl groups excluding tert-OH is 2. The molecule has 0 aromatic heterocycles. The Morgan fingerprint density at radius 3 is 1.98 bits per heavy atom. The molecule has 45 heavy (non-hydrogen) atoms. The summed E-state index contributed by atoms with van der Waals surface area (Å²) in [5.41, 5.74) is 0.493. The molecule has 0 spiro atoms. The van der Waals surface area contributed by atoms with Crippen LogP contribution in [-0.4, -0.2) is 91.6 Å². The summed E-state index contributed by atoms with van der Waals surface area (Å²) in [6.45, 7) is 7.32. The normalized spacial score (nSPS) is 24.8. The van der Waals surface area contributed by atoms with Crippen molar-refractivity contribution in [2.45, 2.75) is 102 Å². The molecule has 252 valence electrons. The van der Waals surface area contributed by atoms with Gasteiger partial charge in [0.2, 0.25) is 5.79 Å². The molecule has 2 aromatic carbocycles. The summed E-state index contributed by atoms with van der Waals surface area (Å²) in [4.78, 5) is 0. The number of benzene rings is 2. The molecule has 2 heterocycles. The fourth-order valence-electron chi connectivity index (χ4n) is 5.64. The van der Waals surface area contributed by atoms with Crippen LogP contribution in [0, 0.1) is 0 Å². The van der Waals surface area contributed by atoms with Crippen molar-refractivity contribution in [3.63, 3.8) is 0 Å². The molecule has 3 N–H and O–H groups in total. The summed E-state index contributed by atoms with van der Waals surface area (Å²) in [5, 5.41) is 34.5. The molecule has 0 amide bonds. The zero-order valence-electron chi connectivity index (χ0n) is 26.9. The lowest BCUT2D eigenvalue weighted by molar-refractivity contribution is -0.408. The second-order valence-electron chi connectivity index (χ2n) is 12.1. The number of aliphatic hydroxyl groups is 3. The standard InChI is InChI=1S/C35H51ClO9/c1-4-7-16-41-31-32(42-17-8-5-2)34(23-37,24-38)45-35(39,33(31)43-18-9-6-3)27-12-15-30(36)26(20-27)19-25-10-13-28(14-11-25)44-29-21-40-22-29/h10-15,20,29,31-33,37-39H,4-9,16-19,21-24H2,1-3H3/t31-,32-,33?,35?/m0/s1. The van der Waals surface area contributed by atoms with Crippen LogP contribution in [0.3, 0.4) is 0 Å². The van der Waals surface area contributed by atoms with Crippen molar-refractivity contribution in [2.75, 3.05) is 46.2 Å². The van der Waals surface area contributed by atoms with Gasteiger partial charge in [-0.3, -0.25) is 0 Å². The molecule has 0 aliphatic carbocycles. The minimum atomic E-state index is -2.09. The summed E-state index contributed by atoms with van der Waals surface area (Å²) >= 11 is 6.70. The Labute approximate surface area is 272 Å². The van der Waals surface area contributed by atoms with Gasteiger partial charge in [-0.25, -0.2) is 0 Å². The van der Waals surface area contributed by atoms with Gasteiger partial charge < -0.3 is 43.7 Å². The van der Waals surface area contributed by atoms with Gasteiger partial charge in [-0.15, -0.1) is 0 Å². The fourth-order valence-corrected chi connectivity index (χ4v) is 5.82. The number of hydrogen-bond donors (Lipinski definition) is 3. The van der Waals surface area contributed by atoms with Crippen molar-refractivity contribution in [3.8, 4) is 5.75 Å². The maximum Gasteiger partial charge on any atom is 0.223 e. The lowest BCUT2D eigenvalue weighted by Gasteiger charge is -2.55. The van der Waals surface area contributed by atoms with Crippen molar-refractivity contribution >= 4 is 11.6 Å². The molecule has 0 bridgehead atoms. The Morgan fingerprint density at radius 1 is 0.822 bits per heavy atom. The molecule has 4 atom stereocenters. The monoisotopic (exact) mass is 650 g/mol. The minimum Gasteiger partial charge on any atom is -0.486 e. The largest absolute Gasteiger partial charge is 0.486 e. The van der Waals surface area contributed by atoms with E-state index in [0.29, 0.717) is 50.0 Å². The van der Waals surface area contributed by atoms with E-state index in [9.17, 15) is 15.3 Å². The molecule has 9 nitrogen and oxygen atoms in total. The van der Waals surface area contributed by atoms with E-state index in [1.165, 1.54) is 0 Å². The van der Waals surface area contributed by atoms with Gasteiger partial charge in [-0.1, -0.05) is 69.8 Å². The van der Waals surface area contributed by atoms with Crippen molar-refractivity contribution < 1.29 is 43.7 Å². The fraction of sp³-hybridized carbons (Fsp3) is 0.657. The Morgan fingerprint density at radius 2 is 1.42 bits per heavy atom. The number of ether oxygens (including phenoxy) is 6. The third kappa shape index (κ3) is 8.77. The van der Waals surface area contributed by atoms with E-state index in [4.69, 9.17) is 40.0 Å². The first kappa shape index (κ1) is 36.1. The van der Waals surface area contributed by atoms with Gasteiger partial charge in [0.1, 0.15) is 35.8 Å². The Bertz CT molecular complexity index is 1150. The van der Waals surface area contributed by atoms with Crippen molar-refractivity contribution in [1.29, 1.82) is 0 Å². The highest BCUT2D eigenvalue weighted by Gasteiger charge is 2.63. The van der Waals surface area contributed by atoms with Gasteiger partial charge in [0, 0.05) is 30.4 Å². The SMILES string of the molecule is CCCCOC1[C@@H](OCCCC)[C@H](OCCCC)C(CO)(CO)OC1(O)c1ccc(Cl)c(Cc2ccc(OC3COC3)cc2)c1. The summed E-state index contributed by atoms with van der Waals surface area (Å²) in [6.07, 6.45) is 2.86. The summed E-state index contributed by atoms with van der Waals surface area (Å²) in [7, 11) is 0. The third-order valence-electron chi connectivity index (χ3n) is 8.48. The van der Waals surface area contributed by atoms with Crippen LogP contribution in [0.4, 0.5) is 0 Å². The van der Waals surface area contributed by atoms with Gasteiger partial charge in [0.25, 0.3) is 0 Å². The summed E-state index contributed by atoms with van der Waals surface area (Å²) in [6, 6.07) is 13.0. The van der Waals surface area contributed by atoms with Crippen LogP contribution in [0.15, 0.2) is 42.5 Å². The highest BCUT2D eigenvalue weighted by Crippen LogP contribution is 2.45. The van der Waals surface area contributed by atoms with E-state index < -0.39 is 42.9 Å². The molecule has 2 saturated heterocycles. The average Bonchev–Trinajstić information content (AvgIpc) is 3.03. The zero-order valence-corrected chi connectivity index (χ0v) is 27.7. The number of hydrogen-bond acceptors (Lipinski definition) is 9. The predicted octanol–water partition coefficient (Wildman–Crippen LogP) is 5.16. The topological polar surface area (TPSA) is 116 Å². The van der Waals surface area contributed by atoms with Crippen LogP contribution in [0.2, 0.25) is 5.02 Å². The molecule has 4 rings (SSSR count). The van der Waals surface area contributed by atoms with Gasteiger partial charge in [-0.2, -0.15) is 0 Å². The maximum atomic E-state index is 12.6. The van der Waals surface area contributed by atoms with Crippen molar-refractivity contribution in [1.82, 2.24) is 0 Å². The third-order valence-corrected chi connectivity index (χ3v) is 8.85. The van der Waals surface area contributed by atoms with Gasteiger partial charge in [0.05, 0.1) is 26.4 Å². The number of unbranched alkanes of at least 4 members (excludes halogenated alkanes) is 3. The van der Waals surface area contributed by atoms with Crippen LogP contribution in [0.1, 0.15) is 76.0 Å². The smallest absolute Gasteiger partial charge is 0.223 e. The van der Waals surface area contributed by atoms with Crippen LogP contribution in [-0.2, 0) is 35.9 Å². The maximum absolute atomic E-state index is 12.6. The first-order valence-electron chi connectivity index (χ1n) is 16.4. The minimum absolute atomic E-state index is 0.0853. The molecular formula is C35H51ClO9. The highest BCUT2D eigenvalue weighted by atomic mass is 35.5. The molecular weight excluding hydrogens is 600 g/mol. The highest BCUT2D eigenvalue weighted by molar-refractivity contribution is 6.31. The van der Waals surface area contributed by atoms with E-state index in [1.54, 1.807) is 18.2 Å². The summed E-state index contributed by atoms with van der Waals surface area (Å²) < 4.78 is 36.6. The first-order valence-corrected chi connectivity index (χ1v) is 16.8. The molecule has 2 unspecified atom stereocenters. The van der Waals surface area contributed by atoms with E-state index in [1.807, 2.05) is 24.3 Å². The number of halogens is 1. The second-order valence-corrected chi connectivity index (χ2v) is 12.5. The second kappa shape index (κ2) is 17.4. The molecule has 2 aliphatic heterocycles. The predicted molar refractivity (Wildman–Crippen MR) is 172 cm³/mol. The van der Waals surface area contributed by atoms with Crippen LogP contribution < -0.4 is 4.74 Å². The molecule has 10 heteroatoms. The van der Waals surface area contributed by atoms with E-state index >= 15 is 0 Å². The Balaban J connectivity index is 1.70. The Kier molecular flexibility index (Phi) is 13.9. The first-order chi connectivity index (χ1) is 21.8. The Hall–Kier alpha value is -1.79. The van der Waals surface area contributed by atoms with E-state index in [0.717, 1.165) is 55.4 Å². The van der Waals surface area contributed by atoms with E-state index in [-0.39, 0.29) is 6.10 Å². The van der Waals surface area contributed by atoms with Gasteiger partial charge in [-0.05, 0) is 61.1 Å². The summed E-state index contributed by atoms with van der Waals surface area (Å²) in [5.74, 6) is -1.32. The van der Waals surface area contributed by atoms with Gasteiger partial charge in [0.15, 0.2) is 0 Å². The average molecular weight is 651 g/mol. The lowest BCUT2D eigenvalue weighted by atomic mass is 9.80. The van der Waals surface area contributed by atoms with Crippen molar-refractivity contribution in [3.05, 3.63) is 64.2 Å². The molecule has 2 fully saturated rings. The van der Waals surface area contributed by atoms with Crippen LogP contribution >= 0.6 is 11.6 Å². The van der Waals surface area contributed by atoms with Crippen LogP contribution in [0.5, 0.6) is 5.75 Å². The zero-order chi connectivity index (χ0) is 32.3. The molecule has 2 aromatic rings. The molecule has 0 saturated carbocycles. The quantitative estimate of drug-likeness (QED) is 0.177. The number of rotatable bonds is 19. The van der Waals surface area contributed by atoms with Crippen LogP contribution in [0.25, 0.3) is 0 Å². The van der Waals surface area contributed by atoms with Gasteiger partial charge >= 0.3 is 0 Å². The molecule has 0 radical (unpaired) electrons. The van der Waals surface area contributed by atoms with Crippen molar-refractivity contribution in [2.24, 2.45) is 0 Å².